The first kappa shape index (κ1) is 26.9. The molecule has 1 aliphatic rings. The van der Waals surface area contributed by atoms with Crippen LogP contribution in [-0.4, -0.2) is 72.8 Å². The molecule has 4 rings (SSSR count). The van der Waals surface area contributed by atoms with Crippen molar-refractivity contribution in [3.63, 3.8) is 0 Å². The Balaban J connectivity index is 1.61. The number of hydrogen-bond acceptors (Lipinski definition) is 12. The van der Waals surface area contributed by atoms with Gasteiger partial charge in [0.1, 0.15) is 47.5 Å². The van der Waals surface area contributed by atoms with E-state index in [4.69, 9.17) is 24.3 Å². The molecule has 200 valence electrons. The summed E-state index contributed by atoms with van der Waals surface area (Å²) in [4.78, 5) is 24.2. The van der Waals surface area contributed by atoms with Crippen molar-refractivity contribution in [3.05, 3.63) is 43.0 Å². The van der Waals surface area contributed by atoms with Gasteiger partial charge in [-0.15, -0.1) is 0 Å². The van der Waals surface area contributed by atoms with Gasteiger partial charge < -0.3 is 29.9 Å². The summed E-state index contributed by atoms with van der Waals surface area (Å²) in [5.41, 5.74) is 4.91. The second kappa shape index (κ2) is 10.3. The molecule has 0 aliphatic carbocycles. The third kappa shape index (κ3) is 5.44. The smallest absolute Gasteiger partial charge is 0.460 e. The van der Waals surface area contributed by atoms with Gasteiger partial charge in [0.25, 0.3) is 0 Å². The Morgan fingerprint density at radius 3 is 2.59 bits per heavy atom. The molecule has 14 nitrogen and oxygen atoms in total. The Bertz CT molecular complexity index is 1300. The normalized spacial score (nSPS) is 24.5. The molecule has 1 fully saturated rings. The summed E-state index contributed by atoms with van der Waals surface area (Å²) in [6, 6.07) is 7.15. The van der Waals surface area contributed by atoms with E-state index in [0.29, 0.717) is 5.52 Å². The molecule has 0 spiro atoms. The molecule has 6 atom stereocenters. The predicted octanol–water partition coefficient (Wildman–Crippen LogP) is 1.16. The van der Waals surface area contributed by atoms with Crippen molar-refractivity contribution in [1.29, 1.82) is 0 Å². The molecule has 0 unspecified atom stereocenters. The van der Waals surface area contributed by atoms with E-state index >= 15 is 0 Å². The number of carbonyl (C=O) groups excluding carboxylic acids is 1. The number of aliphatic hydroxyl groups excluding tert-OH is 2. The summed E-state index contributed by atoms with van der Waals surface area (Å²) >= 11 is 0. The second-order valence-electron chi connectivity index (χ2n) is 8.98. The number of esters is 1. The molecule has 0 amide bonds. The fraction of sp³-hybridized carbons (Fsp3) is 0.455. The van der Waals surface area contributed by atoms with Crippen LogP contribution < -0.4 is 15.3 Å². The van der Waals surface area contributed by atoms with Gasteiger partial charge in [0.15, 0.2) is 17.7 Å². The summed E-state index contributed by atoms with van der Waals surface area (Å²) in [7, 11) is -3.10. The zero-order valence-corrected chi connectivity index (χ0v) is 21.5. The summed E-state index contributed by atoms with van der Waals surface area (Å²) in [6.07, 6.45) is -2.64. The minimum atomic E-state index is -4.29. The highest BCUT2D eigenvalue weighted by Gasteiger charge is 2.54. The van der Waals surface area contributed by atoms with Gasteiger partial charge in [-0.2, -0.15) is 5.09 Å². The lowest BCUT2D eigenvalue weighted by molar-refractivity contribution is -0.142. The van der Waals surface area contributed by atoms with Gasteiger partial charge in [-0.25, -0.2) is 19.5 Å². The van der Waals surface area contributed by atoms with E-state index < -0.39 is 49.9 Å². The number of para-hydroxylation sites is 1. The first-order valence-electron chi connectivity index (χ1n) is 11.3. The van der Waals surface area contributed by atoms with Crippen LogP contribution in [0.4, 0.5) is 5.82 Å². The molecule has 0 radical (unpaired) electrons. The van der Waals surface area contributed by atoms with Gasteiger partial charge in [-0.1, -0.05) is 18.2 Å². The van der Waals surface area contributed by atoms with Crippen LogP contribution >= 0.6 is 7.75 Å². The molecule has 3 heterocycles. The molecule has 1 saturated heterocycles. The van der Waals surface area contributed by atoms with Gasteiger partial charge in [-0.05, 0) is 32.9 Å². The maximum atomic E-state index is 13.9. The van der Waals surface area contributed by atoms with E-state index in [1.165, 1.54) is 45.1 Å². The van der Waals surface area contributed by atoms with Crippen LogP contribution in [0, 0.1) is 0 Å². The fourth-order valence-electron chi connectivity index (χ4n) is 4.04. The number of imidazole rings is 1. The highest BCUT2D eigenvalue weighted by molar-refractivity contribution is 7.52. The number of hydrogen-bond donors (Lipinski definition) is 4. The van der Waals surface area contributed by atoms with Gasteiger partial charge in [0.2, 0.25) is 0 Å². The number of nitrogens with zero attached hydrogens (tertiary/aromatic N) is 4. The van der Waals surface area contributed by atoms with E-state index in [0.717, 1.165) is 0 Å². The van der Waals surface area contributed by atoms with Crippen molar-refractivity contribution in [2.24, 2.45) is 0 Å². The number of anilines is 1. The number of methoxy groups -OCH3 is 1. The molecular formula is C22H29N6O8P. The average molecular weight is 536 g/mol. The van der Waals surface area contributed by atoms with Crippen LogP contribution in [0.1, 0.15) is 27.0 Å². The number of carbonyl (C=O) groups is 1. The molecule has 1 aliphatic heterocycles. The lowest BCUT2D eigenvalue weighted by Crippen LogP contribution is -2.48. The summed E-state index contributed by atoms with van der Waals surface area (Å²) in [5.74, 6) is -0.347. The highest BCUT2D eigenvalue weighted by Crippen LogP contribution is 2.51. The third-order valence-electron chi connectivity index (χ3n) is 5.82. The lowest BCUT2D eigenvalue weighted by Gasteiger charge is -2.36. The Morgan fingerprint density at radius 2 is 1.92 bits per heavy atom. The van der Waals surface area contributed by atoms with Gasteiger partial charge >= 0.3 is 13.7 Å². The molecule has 37 heavy (non-hydrogen) atoms. The second-order valence-corrected chi connectivity index (χ2v) is 10.6. The maximum Gasteiger partial charge on any atom is 0.460 e. The van der Waals surface area contributed by atoms with Crippen LogP contribution in [-0.2, 0) is 23.4 Å². The predicted molar refractivity (Wildman–Crippen MR) is 130 cm³/mol. The highest BCUT2D eigenvalue weighted by atomic mass is 31.2. The van der Waals surface area contributed by atoms with Crippen molar-refractivity contribution in [3.8, 4) is 5.75 Å². The minimum Gasteiger partial charge on any atom is -0.468 e. The van der Waals surface area contributed by atoms with Crippen LogP contribution in [0.3, 0.4) is 0 Å². The van der Waals surface area contributed by atoms with Crippen LogP contribution in [0.15, 0.2) is 43.0 Å². The van der Waals surface area contributed by atoms with Crippen LogP contribution in [0.5, 0.6) is 5.75 Å². The molecule has 0 saturated carbocycles. The first-order valence-corrected chi connectivity index (χ1v) is 12.9. The third-order valence-corrected chi connectivity index (χ3v) is 7.68. The van der Waals surface area contributed by atoms with Gasteiger partial charge in [0, 0.05) is 0 Å². The zero-order chi connectivity index (χ0) is 27.0. The van der Waals surface area contributed by atoms with Crippen molar-refractivity contribution < 1.29 is 38.1 Å². The standard InChI is InChI=1S/C22H29N6O8P/c1-12(21(31)33-4)27-37(32,35-13-8-6-5-7-9-13)36-22(2,3)17-15(29)16(30)20(34-17)28-11-26-14-18(23)24-10-25-19(14)28/h5-12,15-17,20,29-30H,1-4H3,(H,27,32)(H2,23,24,25)/t12-,15+,16-,17+,20-,37-/m1/s1. The summed E-state index contributed by atoms with van der Waals surface area (Å²) in [6.45, 7) is 4.45. The van der Waals surface area contributed by atoms with E-state index in [9.17, 15) is 19.6 Å². The fourth-order valence-corrected chi connectivity index (χ4v) is 5.89. The Hall–Kier alpha value is -3.13. The molecule has 3 aromatic rings. The van der Waals surface area contributed by atoms with Gasteiger partial charge in [0.05, 0.1) is 13.4 Å². The maximum absolute atomic E-state index is 13.9. The van der Waals surface area contributed by atoms with E-state index in [2.05, 4.69) is 20.0 Å². The average Bonchev–Trinajstić information content (AvgIpc) is 3.40. The van der Waals surface area contributed by atoms with Crippen molar-refractivity contribution in [2.45, 2.75) is 57.0 Å². The summed E-state index contributed by atoms with van der Waals surface area (Å²) in [5, 5.41) is 24.3. The van der Waals surface area contributed by atoms with Crippen LogP contribution in [0.2, 0.25) is 0 Å². The monoisotopic (exact) mass is 536 g/mol. The lowest BCUT2D eigenvalue weighted by atomic mass is 9.96. The summed E-state index contributed by atoms with van der Waals surface area (Å²) < 4.78 is 37.6. The van der Waals surface area contributed by atoms with E-state index in [1.807, 2.05) is 0 Å². The molecule has 15 heteroatoms. The minimum absolute atomic E-state index is 0.141. The van der Waals surface area contributed by atoms with Crippen molar-refractivity contribution in [2.75, 3.05) is 12.8 Å². The number of nitrogens with one attached hydrogen (secondary N) is 1. The molecular weight excluding hydrogens is 507 g/mol. The number of benzene rings is 1. The number of nitrogen functional groups attached to an aromatic ring is 1. The van der Waals surface area contributed by atoms with Gasteiger partial charge in [-0.3, -0.25) is 13.9 Å². The number of aliphatic hydroxyl groups is 2. The SMILES string of the molecule is COC(=O)[C@@H](C)N[P@@](=O)(Oc1ccccc1)OC(C)(C)[C@H]1O[C@@H](n2cnc3c(N)ncnc32)[C@H](O)[C@@H]1O. The Kier molecular flexibility index (Phi) is 7.51. The quantitative estimate of drug-likeness (QED) is 0.225. The van der Waals surface area contributed by atoms with E-state index in [-0.39, 0.29) is 17.2 Å². The van der Waals surface area contributed by atoms with Crippen molar-refractivity contribution in [1.82, 2.24) is 24.6 Å². The molecule has 0 bridgehead atoms. The Labute approximate surface area is 212 Å². The number of aromatic nitrogens is 4. The molecule has 2 aromatic heterocycles. The number of ether oxygens (including phenoxy) is 2. The number of nitrogens with two attached hydrogens (primary N) is 1. The Morgan fingerprint density at radius 1 is 1.22 bits per heavy atom. The number of fused-ring (bicyclic) bond motifs is 1. The molecule has 1 aromatic carbocycles. The van der Waals surface area contributed by atoms with Crippen LogP contribution in [0.25, 0.3) is 11.2 Å². The topological polar surface area (TPSA) is 193 Å². The first-order chi connectivity index (χ1) is 17.5. The van der Waals surface area contributed by atoms with E-state index in [1.54, 1.807) is 30.3 Å². The largest absolute Gasteiger partial charge is 0.468 e. The molecule has 5 N–H and O–H groups in total. The zero-order valence-electron chi connectivity index (χ0n) is 20.6. The number of rotatable bonds is 9. The van der Waals surface area contributed by atoms with Crippen molar-refractivity contribution >= 4 is 30.7 Å².